The molecule has 5 rings (SSSR count). The van der Waals surface area contributed by atoms with Gasteiger partial charge in [0.25, 0.3) is 0 Å². The monoisotopic (exact) mass is 503 g/mol. The first-order chi connectivity index (χ1) is 17.6. The molecule has 1 amide bonds. The minimum Gasteiger partial charge on any atom is -0.494 e. The van der Waals surface area contributed by atoms with Gasteiger partial charge in [0.2, 0.25) is 5.91 Å². The molecule has 2 fully saturated rings. The van der Waals surface area contributed by atoms with Crippen LogP contribution < -0.4 is 20.3 Å². The number of methoxy groups -OCH3 is 1. The third kappa shape index (κ3) is 4.69. The highest BCUT2D eigenvalue weighted by atomic mass is 32.1. The van der Waals surface area contributed by atoms with Crippen molar-refractivity contribution in [2.75, 3.05) is 17.3 Å². The molecule has 7 nitrogen and oxygen atoms in total. The van der Waals surface area contributed by atoms with Gasteiger partial charge in [-0.05, 0) is 61.5 Å². The maximum absolute atomic E-state index is 12.0. The van der Waals surface area contributed by atoms with Gasteiger partial charge in [-0.1, -0.05) is 32.3 Å². The quantitative estimate of drug-likeness (QED) is 0.390. The number of anilines is 2. The van der Waals surface area contributed by atoms with Crippen LogP contribution in [0.25, 0.3) is 0 Å². The Labute approximate surface area is 217 Å². The smallest absolute Gasteiger partial charge is 0.224 e. The Morgan fingerprint density at radius 3 is 2.72 bits per heavy atom. The molecule has 2 aromatic heterocycles. The number of benzene rings is 1. The molecule has 3 aromatic rings. The number of nitrogens with one attached hydrogen (secondary N) is 2. The number of amides is 1. The predicted molar refractivity (Wildman–Crippen MR) is 146 cm³/mol. The minimum atomic E-state index is -0.110. The zero-order valence-corrected chi connectivity index (χ0v) is 21.6. The van der Waals surface area contributed by atoms with Crippen LogP contribution in [0.2, 0.25) is 0 Å². The van der Waals surface area contributed by atoms with E-state index in [1.54, 1.807) is 7.11 Å². The molecule has 0 unspecified atom stereocenters. The maximum atomic E-state index is 12.0. The molecule has 0 radical (unpaired) electrons. The lowest BCUT2D eigenvalue weighted by Gasteiger charge is -2.32. The Morgan fingerprint density at radius 2 is 2.00 bits per heavy atom. The van der Waals surface area contributed by atoms with E-state index in [1.807, 2.05) is 43.5 Å². The van der Waals surface area contributed by atoms with Crippen molar-refractivity contribution in [1.29, 1.82) is 0 Å². The Balaban J connectivity index is 1.58. The van der Waals surface area contributed by atoms with E-state index in [2.05, 4.69) is 49.5 Å². The molecule has 3 heterocycles. The number of carbonyl (C=O) groups excluding carboxylic acids is 1. The third-order valence-electron chi connectivity index (χ3n) is 7.24. The molecular formula is C28H33N5O2S. The second-order valence-electron chi connectivity index (χ2n) is 9.42. The molecule has 0 bridgehead atoms. The molecule has 188 valence electrons. The topological polar surface area (TPSA) is 71.4 Å². The largest absolute Gasteiger partial charge is 0.494 e. The van der Waals surface area contributed by atoms with E-state index in [0.29, 0.717) is 29.0 Å². The Kier molecular flexibility index (Phi) is 7.23. The number of aromatic nitrogens is 2. The van der Waals surface area contributed by atoms with Crippen LogP contribution in [0.15, 0.2) is 60.9 Å². The molecule has 8 heteroatoms. The average Bonchev–Trinajstić information content (AvgIpc) is 3.54. The molecule has 36 heavy (non-hydrogen) atoms. The summed E-state index contributed by atoms with van der Waals surface area (Å²) in [6.45, 7) is 1.83. The van der Waals surface area contributed by atoms with E-state index in [4.69, 9.17) is 17.0 Å². The van der Waals surface area contributed by atoms with E-state index in [-0.39, 0.29) is 18.0 Å². The number of rotatable bonds is 7. The van der Waals surface area contributed by atoms with Crippen molar-refractivity contribution in [3.8, 4) is 5.75 Å². The number of hydrogen-bond donors (Lipinski definition) is 2. The van der Waals surface area contributed by atoms with Gasteiger partial charge in [-0.2, -0.15) is 0 Å². The summed E-state index contributed by atoms with van der Waals surface area (Å²) in [7, 11) is 1.61. The van der Waals surface area contributed by atoms with Gasteiger partial charge < -0.3 is 24.8 Å². The second-order valence-corrected chi connectivity index (χ2v) is 9.80. The minimum absolute atomic E-state index is 0.0576. The van der Waals surface area contributed by atoms with Crippen LogP contribution in [0.4, 0.5) is 11.4 Å². The normalized spacial score (nSPS) is 20.3. The standard InChI is InChI=1S/C28H33N5O2S/c1-3-25(34)30-21-15-14-20(18-24(21)35-2)33-27(26(31-28(33)36)22-12-7-8-16-29-22)23-13-9-17-32(23)19-10-5-4-6-11-19/h7-9,12-19,26-27H,3-6,10-11H2,1-2H3,(H,30,34)(H,31,36)/t26-,27+/m1/s1. The van der Waals surface area contributed by atoms with Crippen LogP contribution in [0.1, 0.15) is 75.0 Å². The fourth-order valence-corrected chi connectivity index (χ4v) is 5.80. The van der Waals surface area contributed by atoms with Crippen LogP contribution in [0, 0.1) is 0 Å². The van der Waals surface area contributed by atoms with Crippen molar-refractivity contribution < 1.29 is 9.53 Å². The Hall–Kier alpha value is -3.39. The number of thiocarbonyl (C=S) groups is 1. The molecule has 1 aromatic carbocycles. The highest BCUT2D eigenvalue weighted by Crippen LogP contribution is 2.44. The highest BCUT2D eigenvalue weighted by Gasteiger charge is 2.42. The van der Waals surface area contributed by atoms with Gasteiger partial charge in [-0.15, -0.1) is 0 Å². The molecular weight excluding hydrogens is 470 g/mol. The summed E-state index contributed by atoms with van der Waals surface area (Å²) < 4.78 is 8.11. The first kappa shape index (κ1) is 24.3. The number of carbonyl (C=O) groups is 1. The van der Waals surface area contributed by atoms with Crippen molar-refractivity contribution in [1.82, 2.24) is 14.9 Å². The lowest BCUT2D eigenvalue weighted by atomic mass is 9.94. The van der Waals surface area contributed by atoms with Gasteiger partial charge in [0.15, 0.2) is 5.11 Å². The van der Waals surface area contributed by atoms with Crippen molar-refractivity contribution in [3.63, 3.8) is 0 Å². The van der Waals surface area contributed by atoms with Crippen LogP contribution in [-0.2, 0) is 4.79 Å². The zero-order chi connectivity index (χ0) is 25.1. The van der Waals surface area contributed by atoms with Gasteiger partial charge in [0, 0.05) is 42.3 Å². The van der Waals surface area contributed by atoms with Gasteiger partial charge in [0.05, 0.1) is 24.5 Å². The van der Waals surface area contributed by atoms with Gasteiger partial charge in [0.1, 0.15) is 11.8 Å². The number of ether oxygens (including phenoxy) is 1. The average molecular weight is 504 g/mol. The molecule has 2 aliphatic rings. The van der Waals surface area contributed by atoms with Gasteiger partial charge >= 0.3 is 0 Å². The summed E-state index contributed by atoms with van der Waals surface area (Å²) in [4.78, 5) is 18.9. The van der Waals surface area contributed by atoms with Crippen molar-refractivity contribution in [2.45, 2.75) is 63.6 Å². The summed E-state index contributed by atoms with van der Waals surface area (Å²) >= 11 is 5.92. The number of nitrogens with zero attached hydrogens (tertiary/aromatic N) is 3. The molecule has 1 saturated carbocycles. The summed E-state index contributed by atoms with van der Waals surface area (Å²) in [6.07, 6.45) is 10.7. The van der Waals surface area contributed by atoms with Crippen molar-refractivity contribution >= 4 is 34.6 Å². The van der Waals surface area contributed by atoms with E-state index in [9.17, 15) is 4.79 Å². The molecule has 1 aliphatic heterocycles. The van der Waals surface area contributed by atoms with Gasteiger partial charge in [-0.25, -0.2) is 0 Å². The van der Waals surface area contributed by atoms with Crippen LogP contribution in [0.5, 0.6) is 5.75 Å². The summed E-state index contributed by atoms with van der Waals surface area (Å²) in [6, 6.07) is 16.5. The Bertz CT molecular complexity index is 1220. The van der Waals surface area contributed by atoms with E-state index in [1.165, 1.54) is 37.8 Å². The zero-order valence-electron chi connectivity index (χ0n) is 20.8. The van der Waals surface area contributed by atoms with Crippen LogP contribution in [0.3, 0.4) is 0 Å². The van der Waals surface area contributed by atoms with Gasteiger partial charge in [-0.3, -0.25) is 9.78 Å². The predicted octanol–water partition coefficient (Wildman–Crippen LogP) is 5.92. The van der Waals surface area contributed by atoms with E-state index >= 15 is 0 Å². The van der Waals surface area contributed by atoms with E-state index < -0.39 is 0 Å². The SMILES string of the molecule is CCC(=O)Nc1ccc(N2C(=S)N[C@H](c3ccccn3)[C@@H]2c2cccn2C2CCCCC2)cc1OC. The van der Waals surface area contributed by atoms with Crippen LogP contribution >= 0.6 is 12.2 Å². The molecule has 0 spiro atoms. The summed E-state index contributed by atoms with van der Waals surface area (Å²) in [5, 5.41) is 7.11. The first-order valence-corrected chi connectivity index (χ1v) is 13.2. The summed E-state index contributed by atoms with van der Waals surface area (Å²) in [5.74, 6) is 0.539. The summed E-state index contributed by atoms with van der Waals surface area (Å²) in [5.41, 5.74) is 3.71. The maximum Gasteiger partial charge on any atom is 0.224 e. The second kappa shape index (κ2) is 10.7. The molecule has 2 atom stereocenters. The Morgan fingerprint density at radius 1 is 1.17 bits per heavy atom. The fraction of sp³-hybridized carbons (Fsp3) is 0.393. The lowest BCUT2D eigenvalue weighted by molar-refractivity contribution is -0.115. The third-order valence-corrected chi connectivity index (χ3v) is 7.55. The van der Waals surface area contributed by atoms with Crippen LogP contribution in [-0.4, -0.2) is 27.7 Å². The first-order valence-electron chi connectivity index (χ1n) is 12.8. The van der Waals surface area contributed by atoms with Crippen molar-refractivity contribution in [3.05, 3.63) is 72.3 Å². The molecule has 2 N–H and O–H groups in total. The number of pyridine rings is 1. The number of hydrogen-bond acceptors (Lipinski definition) is 4. The highest BCUT2D eigenvalue weighted by molar-refractivity contribution is 7.80. The molecule has 1 aliphatic carbocycles. The lowest BCUT2D eigenvalue weighted by Crippen LogP contribution is -2.31. The van der Waals surface area contributed by atoms with E-state index in [0.717, 1.165) is 11.4 Å². The van der Waals surface area contributed by atoms with Crippen molar-refractivity contribution in [2.24, 2.45) is 0 Å². The fourth-order valence-electron chi connectivity index (χ4n) is 5.45. The molecule has 1 saturated heterocycles.